The van der Waals surface area contributed by atoms with E-state index in [-0.39, 0.29) is 5.91 Å². The van der Waals surface area contributed by atoms with Crippen molar-refractivity contribution in [2.45, 2.75) is 32.7 Å². The molecular formula is C20H24BrN3O2. The molecule has 6 heteroatoms. The van der Waals surface area contributed by atoms with Crippen molar-refractivity contribution in [1.82, 2.24) is 15.0 Å². The Bertz CT molecular complexity index is 796. The third-order valence-electron chi connectivity index (χ3n) is 5.50. The van der Waals surface area contributed by atoms with Gasteiger partial charge in [-0.1, -0.05) is 46.2 Å². The van der Waals surface area contributed by atoms with E-state index in [9.17, 15) is 4.79 Å². The molecule has 1 fully saturated rings. The molecule has 0 bridgehead atoms. The number of aromatic nitrogens is 1. The van der Waals surface area contributed by atoms with Crippen LogP contribution in [0.15, 0.2) is 33.3 Å². The Kier molecular flexibility index (Phi) is 5.14. The molecule has 0 saturated carbocycles. The van der Waals surface area contributed by atoms with Gasteiger partial charge >= 0.3 is 0 Å². The van der Waals surface area contributed by atoms with Crippen LogP contribution in [0.25, 0.3) is 0 Å². The van der Waals surface area contributed by atoms with E-state index < -0.39 is 0 Å². The normalized spacial score (nSPS) is 20.8. The summed E-state index contributed by atoms with van der Waals surface area (Å²) in [6.07, 6.45) is 2.92. The monoisotopic (exact) mass is 417 g/mol. The van der Waals surface area contributed by atoms with Crippen molar-refractivity contribution in [2.24, 2.45) is 5.92 Å². The van der Waals surface area contributed by atoms with E-state index >= 15 is 0 Å². The lowest BCUT2D eigenvalue weighted by molar-refractivity contribution is 0.0617. The standard InChI is InChI=1S/C20H24BrN3O2/c1-14-6-7-18-16(12-14)19(22-26-18)20(25)24-10-8-23(9-11-24)13-15-4-2-3-5-17(15)21/h2-5,14H,6-13H2,1H3. The van der Waals surface area contributed by atoms with Gasteiger partial charge in [-0.3, -0.25) is 9.69 Å². The topological polar surface area (TPSA) is 49.6 Å². The number of halogens is 1. The minimum Gasteiger partial charge on any atom is -0.360 e. The molecule has 26 heavy (non-hydrogen) atoms. The maximum atomic E-state index is 12.9. The predicted octanol–water partition coefficient (Wildman–Crippen LogP) is 3.52. The van der Waals surface area contributed by atoms with Crippen LogP contribution in [0.2, 0.25) is 0 Å². The summed E-state index contributed by atoms with van der Waals surface area (Å²) in [6, 6.07) is 8.31. The van der Waals surface area contributed by atoms with E-state index in [1.54, 1.807) is 0 Å². The van der Waals surface area contributed by atoms with Crippen LogP contribution in [0.5, 0.6) is 0 Å². The van der Waals surface area contributed by atoms with Crippen LogP contribution in [0.3, 0.4) is 0 Å². The van der Waals surface area contributed by atoms with Gasteiger partial charge in [-0.2, -0.15) is 0 Å². The van der Waals surface area contributed by atoms with Crippen LogP contribution in [0.1, 0.15) is 40.7 Å². The summed E-state index contributed by atoms with van der Waals surface area (Å²) in [5.41, 5.74) is 2.88. The van der Waals surface area contributed by atoms with Gasteiger partial charge in [0.25, 0.3) is 5.91 Å². The molecule has 1 aromatic carbocycles. The van der Waals surface area contributed by atoms with Gasteiger partial charge in [0.05, 0.1) is 0 Å². The number of hydrogen-bond donors (Lipinski definition) is 0. The molecule has 1 saturated heterocycles. The number of aryl methyl sites for hydroxylation is 1. The first-order valence-electron chi connectivity index (χ1n) is 9.34. The zero-order chi connectivity index (χ0) is 18.1. The lowest BCUT2D eigenvalue weighted by Crippen LogP contribution is -2.48. The van der Waals surface area contributed by atoms with Crippen LogP contribution in [0, 0.1) is 5.92 Å². The van der Waals surface area contributed by atoms with E-state index in [0.29, 0.717) is 11.6 Å². The molecule has 4 rings (SSSR count). The van der Waals surface area contributed by atoms with Crippen molar-refractivity contribution in [2.75, 3.05) is 26.2 Å². The van der Waals surface area contributed by atoms with Crippen molar-refractivity contribution < 1.29 is 9.32 Å². The average molecular weight is 418 g/mol. The fourth-order valence-corrected chi connectivity index (χ4v) is 4.28. The molecule has 1 aromatic heterocycles. The van der Waals surface area contributed by atoms with Crippen LogP contribution < -0.4 is 0 Å². The second-order valence-electron chi connectivity index (χ2n) is 7.44. The summed E-state index contributed by atoms with van der Waals surface area (Å²) in [5, 5.41) is 4.12. The Labute approximate surface area is 162 Å². The number of piperazine rings is 1. The van der Waals surface area contributed by atoms with Gasteiger partial charge < -0.3 is 9.42 Å². The smallest absolute Gasteiger partial charge is 0.276 e. The van der Waals surface area contributed by atoms with Crippen LogP contribution >= 0.6 is 15.9 Å². The first kappa shape index (κ1) is 17.7. The van der Waals surface area contributed by atoms with E-state index in [0.717, 1.165) is 67.8 Å². The van der Waals surface area contributed by atoms with E-state index in [4.69, 9.17) is 4.52 Å². The molecule has 1 atom stereocenters. The highest BCUT2D eigenvalue weighted by Gasteiger charge is 2.31. The Balaban J connectivity index is 1.38. The van der Waals surface area contributed by atoms with Crippen molar-refractivity contribution in [3.8, 4) is 0 Å². The molecular weight excluding hydrogens is 394 g/mol. The number of carbonyl (C=O) groups is 1. The molecule has 2 heterocycles. The third-order valence-corrected chi connectivity index (χ3v) is 6.27. The van der Waals surface area contributed by atoms with E-state index in [1.807, 2.05) is 11.0 Å². The maximum Gasteiger partial charge on any atom is 0.276 e. The summed E-state index contributed by atoms with van der Waals surface area (Å²) in [5.74, 6) is 1.54. The summed E-state index contributed by atoms with van der Waals surface area (Å²) >= 11 is 3.61. The Morgan fingerprint density at radius 3 is 2.81 bits per heavy atom. The van der Waals surface area contributed by atoms with Crippen LogP contribution in [-0.4, -0.2) is 47.0 Å². The van der Waals surface area contributed by atoms with Gasteiger partial charge in [-0.15, -0.1) is 0 Å². The van der Waals surface area contributed by atoms with Crippen molar-refractivity contribution in [3.05, 3.63) is 51.3 Å². The number of amides is 1. The van der Waals surface area contributed by atoms with Crippen molar-refractivity contribution in [1.29, 1.82) is 0 Å². The van der Waals surface area contributed by atoms with Gasteiger partial charge in [-0.05, 0) is 30.4 Å². The second kappa shape index (κ2) is 7.53. The highest BCUT2D eigenvalue weighted by molar-refractivity contribution is 9.10. The first-order valence-corrected chi connectivity index (χ1v) is 10.1. The molecule has 1 amide bonds. The molecule has 0 radical (unpaired) electrons. The van der Waals surface area contributed by atoms with E-state index in [1.165, 1.54) is 5.56 Å². The van der Waals surface area contributed by atoms with Gasteiger partial charge in [0.2, 0.25) is 0 Å². The fourth-order valence-electron chi connectivity index (χ4n) is 3.87. The van der Waals surface area contributed by atoms with Gasteiger partial charge in [0, 0.05) is 49.2 Å². The molecule has 0 N–H and O–H groups in total. The molecule has 2 aromatic rings. The number of nitrogens with zero attached hydrogens (tertiary/aromatic N) is 3. The summed E-state index contributed by atoms with van der Waals surface area (Å²) in [4.78, 5) is 17.3. The van der Waals surface area contributed by atoms with Crippen LogP contribution in [-0.2, 0) is 19.4 Å². The van der Waals surface area contributed by atoms with Crippen molar-refractivity contribution >= 4 is 21.8 Å². The largest absolute Gasteiger partial charge is 0.360 e. The zero-order valence-electron chi connectivity index (χ0n) is 15.1. The molecule has 0 spiro atoms. The highest BCUT2D eigenvalue weighted by atomic mass is 79.9. The SMILES string of the molecule is CC1CCc2onc(C(=O)N3CCN(Cc4ccccc4Br)CC3)c2C1. The average Bonchev–Trinajstić information content (AvgIpc) is 3.06. The molecule has 138 valence electrons. The van der Waals surface area contributed by atoms with Crippen LogP contribution in [0.4, 0.5) is 0 Å². The zero-order valence-corrected chi connectivity index (χ0v) is 16.7. The number of fused-ring (bicyclic) bond motifs is 1. The second-order valence-corrected chi connectivity index (χ2v) is 8.29. The predicted molar refractivity (Wildman–Crippen MR) is 103 cm³/mol. The maximum absolute atomic E-state index is 12.9. The molecule has 1 unspecified atom stereocenters. The summed E-state index contributed by atoms with van der Waals surface area (Å²) < 4.78 is 6.59. The minimum absolute atomic E-state index is 0.0321. The number of benzene rings is 1. The number of hydrogen-bond acceptors (Lipinski definition) is 4. The molecule has 1 aliphatic carbocycles. The van der Waals surface area contributed by atoms with Gasteiger partial charge in [-0.25, -0.2) is 0 Å². The van der Waals surface area contributed by atoms with Crippen molar-refractivity contribution in [3.63, 3.8) is 0 Å². The summed E-state index contributed by atoms with van der Waals surface area (Å²) in [6.45, 7) is 6.36. The molecule has 5 nitrogen and oxygen atoms in total. The highest BCUT2D eigenvalue weighted by Crippen LogP contribution is 2.28. The fraction of sp³-hybridized carbons (Fsp3) is 0.500. The van der Waals surface area contributed by atoms with Gasteiger partial charge in [0.15, 0.2) is 5.69 Å². The molecule has 2 aliphatic rings. The quantitative estimate of drug-likeness (QED) is 0.766. The van der Waals surface area contributed by atoms with E-state index in [2.05, 4.69) is 51.1 Å². The number of rotatable bonds is 3. The lowest BCUT2D eigenvalue weighted by atomic mass is 9.88. The lowest BCUT2D eigenvalue weighted by Gasteiger charge is -2.34. The third kappa shape index (κ3) is 3.58. The first-order chi connectivity index (χ1) is 12.6. The Morgan fingerprint density at radius 2 is 2.04 bits per heavy atom. The summed E-state index contributed by atoms with van der Waals surface area (Å²) in [7, 11) is 0. The minimum atomic E-state index is 0.0321. The van der Waals surface area contributed by atoms with Gasteiger partial charge in [0.1, 0.15) is 5.76 Å². The number of carbonyl (C=O) groups excluding carboxylic acids is 1. The Hall–Kier alpha value is -1.66. The Morgan fingerprint density at radius 1 is 1.27 bits per heavy atom. The molecule has 1 aliphatic heterocycles.